The van der Waals surface area contributed by atoms with Gasteiger partial charge in [-0.1, -0.05) is 54.6 Å². The first-order valence-electron chi connectivity index (χ1n) is 11.9. The van der Waals surface area contributed by atoms with Crippen LogP contribution in [0.1, 0.15) is 40.0 Å². The Hall–Kier alpha value is -4.74. The minimum atomic E-state index is -0.608. The molecule has 3 N–H and O–H groups in total. The van der Waals surface area contributed by atoms with Crippen LogP contribution >= 0.6 is 12.2 Å². The van der Waals surface area contributed by atoms with Crippen molar-refractivity contribution in [2.45, 2.75) is 19.6 Å². The number of halogens is 1. The molecule has 190 valence electrons. The maximum Gasteiger partial charge on any atom is 0.258 e. The first-order valence-corrected chi connectivity index (χ1v) is 12.3. The van der Waals surface area contributed by atoms with Gasteiger partial charge in [0.2, 0.25) is 0 Å². The molecule has 4 aromatic carbocycles. The average molecular weight is 525 g/mol. The third-order valence-electron chi connectivity index (χ3n) is 5.73. The van der Waals surface area contributed by atoms with Gasteiger partial charge in [0.25, 0.3) is 5.91 Å². The summed E-state index contributed by atoms with van der Waals surface area (Å²) in [7, 11) is 0. The highest BCUT2D eigenvalue weighted by Gasteiger charge is 2.15. The predicted molar refractivity (Wildman–Crippen MR) is 150 cm³/mol. The Morgan fingerprint density at radius 2 is 1.68 bits per heavy atom. The standard InChI is InChI=1S/C30H25FN4O2S/c1-20(23-13-11-21(18-32)12-14-23)33-30(38)34-24-15-16-27(35-29(36)25-9-5-6-10-26(25)31)28(17-24)37-19-22-7-3-2-4-8-22/h2-17,20H,19H2,1H3,(H,35,36)(H2,33,34,38). The monoisotopic (exact) mass is 524 g/mol. The maximum atomic E-state index is 14.1. The number of hydrogen-bond donors (Lipinski definition) is 3. The second-order valence-electron chi connectivity index (χ2n) is 8.47. The van der Waals surface area contributed by atoms with Gasteiger partial charge in [0.1, 0.15) is 18.2 Å². The Labute approximate surface area is 226 Å². The van der Waals surface area contributed by atoms with Gasteiger partial charge in [-0.25, -0.2) is 4.39 Å². The van der Waals surface area contributed by atoms with E-state index >= 15 is 0 Å². The molecule has 0 heterocycles. The van der Waals surface area contributed by atoms with Gasteiger partial charge >= 0.3 is 0 Å². The molecule has 0 saturated carbocycles. The summed E-state index contributed by atoms with van der Waals surface area (Å²) in [6.07, 6.45) is 0. The van der Waals surface area contributed by atoms with Gasteiger partial charge in [-0.15, -0.1) is 0 Å². The number of ether oxygens (including phenoxy) is 1. The SMILES string of the molecule is CC(NC(=S)Nc1ccc(NC(=O)c2ccccc2F)c(OCc2ccccc2)c1)c1ccc(C#N)cc1. The number of carbonyl (C=O) groups is 1. The third kappa shape index (κ3) is 6.93. The number of amides is 1. The van der Waals surface area contributed by atoms with Crippen LogP contribution in [0.5, 0.6) is 5.75 Å². The second kappa shape index (κ2) is 12.5. The molecule has 0 aliphatic heterocycles. The molecule has 6 nitrogen and oxygen atoms in total. The molecule has 1 amide bonds. The van der Waals surface area contributed by atoms with E-state index in [0.29, 0.717) is 27.8 Å². The summed E-state index contributed by atoms with van der Waals surface area (Å²) in [5, 5.41) is 18.5. The summed E-state index contributed by atoms with van der Waals surface area (Å²) in [5.74, 6) is -0.795. The lowest BCUT2D eigenvalue weighted by molar-refractivity contribution is 0.102. The normalized spacial score (nSPS) is 11.1. The third-order valence-corrected chi connectivity index (χ3v) is 5.95. The van der Waals surface area contributed by atoms with Crippen molar-refractivity contribution in [2.24, 2.45) is 0 Å². The summed E-state index contributed by atoms with van der Waals surface area (Å²) >= 11 is 5.50. The van der Waals surface area contributed by atoms with Gasteiger partial charge in [-0.3, -0.25) is 4.79 Å². The zero-order chi connectivity index (χ0) is 26.9. The Morgan fingerprint density at radius 1 is 0.974 bits per heavy atom. The summed E-state index contributed by atoms with van der Waals surface area (Å²) in [4.78, 5) is 12.7. The van der Waals surface area contributed by atoms with Crippen molar-refractivity contribution in [3.05, 3.63) is 125 Å². The van der Waals surface area contributed by atoms with E-state index in [4.69, 9.17) is 22.2 Å². The highest BCUT2D eigenvalue weighted by molar-refractivity contribution is 7.80. The van der Waals surface area contributed by atoms with Crippen molar-refractivity contribution in [3.63, 3.8) is 0 Å². The van der Waals surface area contributed by atoms with Crippen molar-refractivity contribution < 1.29 is 13.9 Å². The summed E-state index contributed by atoms with van der Waals surface area (Å²) in [5.41, 5.74) is 3.49. The van der Waals surface area contributed by atoms with Crippen molar-refractivity contribution in [2.75, 3.05) is 10.6 Å². The summed E-state index contributed by atoms with van der Waals surface area (Å²) in [6, 6.07) is 29.8. The smallest absolute Gasteiger partial charge is 0.258 e. The highest BCUT2D eigenvalue weighted by Crippen LogP contribution is 2.30. The van der Waals surface area contributed by atoms with Crippen LogP contribution in [0.3, 0.4) is 0 Å². The zero-order valence-corrected chi connectivity index (χ0v) is 21.4. The van der Waals surface area contributed by atoms with E-state index in [1.807, 2.05) is 49.4 Å². The Kier molecular flexibility index (Phi) is 8.65. The lowest BCUT2D eigenvalue weighted by Crippen LogP contribution is -2.30. The Balaban J connectivity index is 1.50. The van der Waals surface area contributed by atoms with Crippen LogP contribution in [0.2, 0.25) is 0 Å². The second-order valence-corrected chi connectivity index (χ2v) is 8.88. The first-order chi connectivity index (χ1) is 18.4. The lowest BCUT2D eigenvalue weighted by Gasteiger charge is -2.19. The molecule has 0 aliphatic rings. The maximum absolute atomic E-state index is 14.1. The minimum Gasteiger partial charge on any atom is -0.487 e. The van der Waals surface area contributed by atoms with Gasteiger partial charge < -0.3 is 20.7 Å². The van der Waals surface area contributed by atoms with Crippen molar-refractivity contribution in [1.29, 1.82) is 5.26 Å². The van der Waals surface area contributed by atoms with Crippen LogP contribution in [0, 0.1) is 17.1 Å². The molecule has 1 unspecified atom stereocenters. The molecule has 0 saturated heterocycles. The molecule has 4 aromatic rings. The molecule has 0 spiro atoms. The van der Waals surface area contributed by atoms with Crippen LogP contribution in [-0.2, 0) is 6.61 Å². The van der Waals surface area contributed by atoms with E-state index in [9.17, 15) is 9.18 Å². The van der Waals surface area contributed by atoms with Crippen LogP contribution in [0.4, 0.5) is 15.8 Å². The molecule has 1 atom stereocenters. The number of nitrogens with one attached hydrogen (secondary N) is 3. The molecule has 0 bridgehead atoms. The molecule has 4 rings (SSSR count). The number of thiocarbonyl (C=S) groups is 1. The fourth-order valence-electron chi connectivity index (χ4n) is 3.69. The largest absolute Gasteiger partial charge is 0.487 e. The number of nitrogens with zero attached hydrogens (tertiary/aromatic N) is 1. The molecule has 0 radical (unpaired) electrons. The molecule has 0 aromatic heterocycles. The van der Waals surface area contributed by atoms with Crippen molar-refractivity contribution >= 4 is 34.6 Å². The number of benzene rings is 4. The molecular formula is C30H25FN4O2S. The fraction of sp³-hybridized carbons (Fsp3) is 0.100. The Bertz CT molecular complexity index is 1470. The Morgan fingerprint density at radius 3 is 2.39 bits per heavy atom. The van der Waals surface area contributed by atoms with E-state index in [1.54, 1.807) is 36.4 Å². The molecule has 0 fully saturated rings. The van der Waals surface area contributed by atoms with Gasteiger partial charge in [-0.2, -0.15) is 5.26 Å². The quantitative estimate of drug-likeness (QED) is 0.226. The number of rotatable bonds is 8. The van der Waals surface area contributed by atoms with E-state index in [-0.39, 0.29) is 18.2 Å². The van der Waals surface area contributed by atoms with E-state index < -0.39 is 11.7 Å². The van der Waals surface area contributed by atoms with Gasteiger partial charge in [0, 0.05) is 11.8 Å². The minimum absolute atomic E-state index is 0.0640. The van der Waals surface area contributed by atoms with Crippen LogP contribution < -0.4 is 20.7 Å². The van der Waals surface area contributed by atoms with Gasteiger partial charge in [0.15, 0.2) is 5.11 Å². The number of hydrogen-bond acceptors (Lipinski definition) is 4. The van der Waals surface area contributed by atoms with E-state index in [1.165, 1.54) is 18.2 Å². The van der Waals surface area contributed by atoms with Crippen molar-refractivity contribution in [1.82, 2.24) is 5.32 Å². The topological polar surface area (TPSA) is 86.2 Å². The first kappa shape index (κ1) is 26.3. The van der Waals surface area contributed by atoms with Crippen molar-refractivity contribution in [3.8, 4) is 11.8 Å². The molecule has 8 heteroatoms. The van der Waals surface area contributed by atoms with Crippen LogP contribution in [0.15, 0.2) is 97.1 Å². The van der Waals surface area contributed by atoms with Gasteiger partial charge in [0.05, 0.1) is 28.9 Å². The number of nitriles is 1. The molecule has 38 heavy (non-hydrogen) atoms. The fourth-order valence-corrected chi connectivity index (χ4v) is 3.98. The zero-order valence-electron chi connectivity index (χ0n) is 20.6. The molecular weight excluding hydrogens is 499 g/mol. The summed E-state index contributed by atoms with van der Waals surface area (Å²) in [6.45, 7) is 2.23. The van der Waals surface area contributed by atoms with E-state index in [2.05, 4.69) is 22.0 Å². The number of anilines is 2. The predicted octanol–water partition coefficient (Wildman–Crippen LogP) is 6.58. The summed E-state index contributed by atoms with van der Waals surface area (Å²) < 4.78 is 20.2. The van der Waals surface area contributed by atoms with E-state index in [0.717, 1.165) is 11.1 Å². The lowest BCUT2D eigenvalue weighted by atomic mass is 10.1. The van der Waals surface area contributed by atoms with Gasteiger partial charge in [-0.05, 0) is 66.7 Å². The number of carbonyl (C=O) groups excluding carboxylic acids is 1. The van der Waals surface area contributed by atoms with Crippen LogP contribution in [0.25, 0.3) is 0 Å². The van der Waals surface area contributed by atoms with Crippen LogP contribution in [-0.4, -0.2) is 11.0 Å². The average Bonchev–Trinajstić information content (AvgIpc) is 2.93. The molecule has 0 aliphatic carbocycles. The highest BCUT2D eigenvalue weighted by atomic mass is 32.1.